The predicted octanol–water partition coefficient (Wildman–Crippen LogP) is -6.17. The van der Waals surface area contributed by atoms with Crippen LogP contribution in [0.4, 0.5) is 52.4 Å². The zero-order valence-electron chi connectivity index (χ0n) is 27.9. The minimum absolute atomic E-state index is 0.0235. The molecule has 25 nitrogen and oxygen atoms in total. The Labute approximate surface area is 293 Å². The summed E-state index contributed by atoms with van der Waals surface area (Å²) in [6, 6.07) is 0. The van der Waals surface area contributed by atoms with Crippen molar-refractivity contribution in [3.63, 3.8) is 0 Å². The first kappa shape index (κ1) is 39.3. The number of hydrogen-bond acceptors (Lipinski definition) is 22. The molecule has 3 aliphatic rings. The van der Waals surface area contributed by atoms with Crippen molar-refractivity contribution >= 4 is 52.4 Å². The first-order chi connectivity index (χ1) is 24.8. The number of H-pyrrole nitrogens is 3. The van der Waals surface area contributed by atoms with Crippen molar-refractivity contribution in [3.05, 3.63) is 31.1 Å². The molecule has 25 heteroatoms. The van der Waals surface area contributed by atoms with Gasteiger partial charge in [0.1, 0.15) is 23.2 Å². The van der Waals surface area contributed by atoms with Crippen molar-refractivity contribution in [2.24, 2.45) is 0 Å². The van der Waals surface area contributed by atoms with Gasteiger partial charge in [0.25, 0.3) is 16.7 Å². The smallest absolute Gasteiger partial charge is 0.277 e. The van der Waals surface area contributed by atoms with Gasteiger partial charge in [0.2, 0.25) is 17.8 Å². The topological polar surface area (TPSA) is 403 Å². The molecular formula is C27H45N15O10. The lowest BCUT2D eigenvalue weighted by molar-refractivity contribution is -0.00961. The summed E-state index contributed by atoms with van der Waals surface area (Å²) in [5, 5.41) is 72.5. The molecule has 0 fully saturated rings. The van der Waals surface area contributed by atoms with E-state index in [1.807, 2.05) is 0 Å². The number of aliphatic hydroxyl groups excluding tert-OH is 7. The monoisotopic (exact) mass is 739 g/mol. The van der Waals surface area contributed by atoms with Crippen molar-refractivity contribution in [1.29, 1.82) is 0 Å². The van der Waals surface area contributed by atoms with Gasteiger partial charge in [0.05, 0.1) is 51.5 Å². The lowest BCUT2D eigenvalue weighted by Gasteiger charge is -2.23. The molecule has 19 N–H and O–H groups in total. The van der Waals surface area contributed by atoms with E-state index in [1.54, 1.807) is 14.7 Å². The van der Waals surface area contributed by atoms with Crippen molar-refractivity contribution in [2.45, 2.75) is 37.3 Å². The highest BCUT2D eigenvalue weighted by atomic mass is 16.4. The Kier molecular flexibility index (Phi) is 13.4. The van der Waals surface area contributed by atoms with Gasteiger partial charge in [-0.1, -0.05) is 0 Å². The molecule has 0 radical (unpaired) electrons. The Morgan fingerprint density at radius 3 is 1.42 bits per heavy atom. The predicted molar refractivity (Wildman–Crippen MR) is 190 cm³/mol. The zero-order chi connectivity index (χ0) is 38.1. The molecule has 6 rings (SSSR count). The molecule has 0 aromatic carbocycles. The van der Waals surface area contributed by atoms with Crippen LogP contribution in [0.5, 0.6) is 0 Å². The number of anilines is 9. The summed E-state index contributed by atoms with van der Waals surface area (Å²) in [7, 11) is 0. The van der Waals surface area contributed by atoms with E-state index in [1.165, 1.54) is 0 Å². The van der Waals surface area contributed by atoms with Crippen LogP contribution in [0.25, 0.3) is 0 Å². The number of aromatic amines is 3. The quantitative estimate of drug-likeness (QED) is 0.0821. The fourth-order valence-corrected chi connectivity index (χ4v) is 5.19. The summed E-state index contributed by atoms with van der Waals surface area (Å²) >= 11 is 0. The second-order valence-corrected chi connectivity index (χ2v) is 11.8. The summed E-state index contributed by atoms with van der Waals surface area (Å²) in [6.45, 7) is 0.986. The van der Waals surface area contributed by atoms with Gasteiger partial charge in [0, 0.05) is 26.2 Å². The number of nitrogen functional groups attached to an aromatic ring is 3. The van der Waals surface area contributed by atoms with Crippen LogP contribution < -0.4 is 64.5 Å². The fraction of sp³-hybridized carbons (Fsp3) is 0.556. The highest BCUT2D eigenvalue weighted by Crippen LogP contribution is 2.27. The number of aromatic nitrogens is 6. The Balaban J connectivity index is 0.000000175. The molecule has 0 saturated carbocycles. The Morgan fingerprint density at radius 1 is 0.577 bits per heavy atom. The van der Waals surface area contributed by atoms with Gasteiger partial charge in [-0.2, -0.15) is 15.0 Å². The van der Waals surface area contributed by atoms with Crippen molar-refractivity contribution in [1.82, 2.24) is 29.9 Å². The number of hydrogen-bond donors (Lipinski definition) is 16. The number of rotatable bonds is 12. The summed E-state index contributed by atoms with van der Waals surface area (Å²) in [4.78, 5) is 58.8. The van der Waals surface area contributed by atoms with Crippen LogP contribution in [0.15, 0.2) is 14.4 Å². The van der Waals surface area contributed by atoms with E-state index in [9.17, 15) is 34.8 Å². The molecular weight excluding hydrogens is 694 g/mol. The largest absolute Gasteiger partial charge is 0.396 e. The molecule has 0 aliphatic carbocycles. The summed E-state index contributed by atoms with van der Waals surface area (Å²) in [5.41, 5.74) is 16.4. The van der Waals surface area contributed by atoms with E-state index in [0.717, 1.165) is 0 Å². The van der Waals surface area contributed by atoms with Crippen LogP contribution in [0, 0.1) is 0 Å². The third kappa shape index (κ3) is 9.66. The zero-order valence-corrected chi connectivity index (χ0v) is 27.9. The number of nitrogens with two attached hydrogens (primary N) is 3. The first-order valence-electron chi connectivity index (χ1n) is 16.0. The van der Waals surface area contributed by atoms with Gasteiger partial charge in [-0.3, -0.25) is 29.3 Å². The highest BCUT2D eigenvalue weighted by molar-refractivity contribution is 5.72. The Morgan fingerprint density at radius 2 is 1.00 bits per heavy atom. The maximum Gasteiger partial charge on any atom is 0.277 e. The van der Waals surface area contributed by atoms with Gasteiger partial charge in [-0.15, -0.1) is 0 Å². The van der Waals surface area contributed by atoms with Crippen LogP contribution in [0.3, 0.4) is 0 Å². The molecule has 52 heavy (non-hydrogen) atoms. The molecule has 0 spiro atoms. The van der Waals surface area contributed by atoms with Crippen LogP contribution in [-0.4, -0.2) is 150 Å². The van der Waals surface area contributed by atoms with Gasteiger partial charge >= 0.3 is 0 Å². The lowest BCUT2D eigenvalue weighted by atomic mass is 10.2. The van der Waals surface area contributed by atoms with Crippen LogP contribution in [-0.2, 0) is 0 Å². The standard InChI is InChI=1S/C9H15N5O4.2C9H15N5O3/c10-9-12-7-6(8(18)13-9)11-3-14(7)1-4(16)5(17)2-15;10-9-12-7-6(8(17)13-9)11-4-14(7)3-5(16)1-2-15;10-9-12-7-6(8(17)13-9)11-4-14(7)2-1-5(16)3-15/h4-5,11,15-17H,1-3H2,(H3,10,12,13,18);2*5,11,15-16H,1-4H2,(H3,10,12,13,17). The molecule has 0 bridgehead atoms. The van der Waals surface area contributed by atoms with Crippen molar-refractivity contribution in [3.8, 4) is 0 Å². The molecule has 3 aromatic rings. The number of nitrogens with one attached hydrogen (secondary N) is 6. The van der Waals surface area contributed by atoms with Crippen LogP contribution in [0.2, 0.25) is 0 Å². The number of nitrogens with zero attached hydrogens (tertiary/aromatic N) is 6. The van der Waals surface area contributed by atoms with Gasteiger partial charge in [-0.25, -0.2) is 0 Å². The molecule has 0 saturated heterocycles. The molecule has 4 atom stereocenters. The maximum atomic E-state index is 11.5. The van der Waals surface area contributed by atoms with Gasteiger partial charge in [0.15, 0.2) is 17.5 Å². The number of fused-ring (bicyclic) bond motifs is 3. The van der Waals surface area contributed by atoms with E-state index in [-0.39, 0.29) is 74.0 Å². The van der Waals surface area contributed by atoms with Crippen LogP contribution >= 0.6 is 0 Å². The Bertz CT molecular complexity index is 1820. The molecule has 3 aliphatic heterocycles. The third-order valence-corrected chi connectivity index (χ3v) is 7.87. The van der Waals surface area contributed by atoms with Gasteiger partial charge in [-0.05, 0) is 12.8 Å². The van der Waals surface area contributed by atoms with Crippen LogP contribution in [0.1, 0.15) is 12.8 Å². The summed E-state index contributed by atoms with van der Waals surface area (Å²) in [5.74, 6) is 1.31. The number of β-amino-alcohol motifs (C(OH)–C–C–N with tert-alkyl or cyclic N) is 2. The van der Waals surface area contributed by atoms with E-state index >= 15 is 0 Å². The van der Waals surface area contributed by atoms with Gasteiger partial charge < -0.3 is 83.6 Å². The fourth-order valence-electron chi connectivity index (χ4n) is 5.19. The van der Waals surface area contributed by atoms with Crippen molar-refractivity contribution in [2.75, 3.05) is 107 Å². The van der Waals surface area contributed by atoms with Crippen molar-refractivity contribution < 1.29 is 35.7 Å². The number of aliphatic hydroxyl groups is 7. The summed E-state index contributed by atoms with van der Waals surface area (Å²) < 4.78 is 0. The maximum absolute atomic E-state index is 11.5. The highest BCUT2D eigenvalue weighted by Gasteiger charge is 2.28. The molecule has 3 aromatic heterocycles. The minimum atomic E-state index is -1.24. The Hall–Kier alpha value is -5.44. The minimum Gasteiger partial charge on any atom is -0.396 e. The average molecular weight is 740 g/mol. The van der Waals surface area contributed by atoms with E-state index in [2.05, 4.69) is 45.9 Å². The first-order valence-corrected chi connectivity index (χ1v) is 16.0. The third-order valence-electron chi connectivity index (χ3n) is 7.87. The molecule has 288 valence electrons. The van der Waals surface area contributed by atoms with E-state index in [0.29, 0.717) is 55.1 Å². The molecule has 4 unspecified atom stereocenters. The lowest BCUT2D eigenvalue weighted by Crippen LogP contribution is -2.41. The van der Waals surface area contributed by atoms with E-state index in [4.69, 9.17) is 32.5 Å². The SMILES string of the molecule is Nc1nc2c(c(=O)[nH]1)NCN2CC(O)C(O)CO.Nc1nc2c(c(=O)[nH]1)NCN2CC(O)CCO.Nc1nc2c(c(=O)[nH]1)NCN2CCC(O)CO. The second kappa shape index (κ2) is 17.7. The molecule has 0 amide bonds. The molecule has 6 heterocycles. The van der Waals surface area contributed by atoms with E-state index < -0.39 is 36.6 Å². The normalized spacial score (nSPS) is 16.1. The summed E-state index contributed by atoms with van der Waals surface area (Å²) in [6.07, 6.45) is -3.15. The second-order valence-electron chi connectivity index (χ2n) is 11.8. The average Bonchev–Trinajstić information content (AvgIpc) is 3.81.